The number of aromatic nitrogens is 4. The van der Waals surface area contributed by atoms with E-state index in [-0.39, 0.29) is 37.9 Å². The van der Waals surface area contributed by atoms with E-state index in [0.717, 1.165) is 10.9 Å². The van der Waals surface area contributed by atoms with Crippen LogP contribution in [0.2, 0.25) is 15.3 Å². The number of carboxylic acid groups (broad SMARTS) is 2. The van der Waals surface area contributed by atoms with Crippen molar-refractivity contribution in [2.75, 3.05) is 5.73 Å². The number of ether oxygens (including phenoxy) is 2. The second kappa shape index (κ2) is 8.36. The fraction of sp³-hybridized carbons (Fsp3) is 0.350. The fourth-order valence-electron chi connectivity index (χ4n) is 4.27. The zero-order valence-electron chi connectivity index (χ0n) is 17.7. The number of aliphatic hydroxyl groups is 1. The molecule has 2 fully saturated rings. The number of nitrogens with two attached hydrogens (primary N) is 1. The van der Waals surface area contributed by atoms with Gasteiger partial charge in [-0.3, -0.25) is 4.57 Å². The minimum atomic E-state index is -2.89. The lowest BCUT2D eigenvalue weighted by Gasteiger charge is -2.29. The Bertz CT molecular complexity index is 1410. The SMILES string of the molecule is Nc1nc(Cl)nc2c1ncn2[C@@H]1O[C@@H]2C(OC(Cc3ccc(Cl)c(Cl)c3)(C(=O)O)C(=O)O)[C@]2(O)[C@@H]1F. The lowest BCUT2D eigenvalue weighted by atomic mass is 9.94. The van der Waals surface area contributed by atoms with Crippen LogP contribution < -0.4 is 5.73 Å². The minimum Gasteiger partial charge on any atom is -0.479 e. The van der Waals surface area contributed by atoms with Gasteiger partial charge in [-0.1, -0.05) is 29.3 Å². The number of nitrogen functional groups attached to an aromatic ring is 1. The quantitative estimate of drug-likeness (QED) is 0.244. The summed E-state index contributed by atoms with van der Waals surface area (Å²) in [5, 5.41) is 30.6. The maximum Gasteiger partial charge on any atom is 0.348 e. The van der Waals surface area contributed by atoms with Crippen molar-refractivity contribution in [3.8, 4) is 0 Å². The number of benzene rings is 1. The van der Waals surface area contributed by atoms with Gasteiger partial charge in [0.15, 0.2) is 29.5 Å². The Labute approximate surface area is 215 Å². The molecule has 1 aliphatic heterocycles. The first kappa shape index (κ1) is 24.9. The van der Waals surface area contributed by atoms with Crippen LogP contribution in [0.3, 0.4) is 0 Å². The lowest BCUT2D eigenvalue weighted by molar-refractivity contribution is -0.194. The zero-order chi connectivity index (χ0) is 26.2. The third-order valence-corrected chi connectivity index (χ3v) is 7.12. The number of anilines is 1. The highest BCUT2D eigenvalue weighted by atomic mass is 35.5. The van der Waals surface area contributed by atoms with E-state index in [4.69, 9.17) is 50.0 Å². The number of carbonyl (C=O) groups is 2. The van der Waals surface area contributed by atoms with Crippen LogP contribution in [-0.4, -0.2) is 76.4 Å². The van der Waals surface area contributed by atoms with E-state index in [0.29, 0.717) is 0 Å². The summed E-state index contributed by atoms with van der Waals surface area (Å²) in [4.78, 5) is 36.0. The number of aliphatic carboxylic acids is 2. The summed E-state index contributed by atoms with van der Waals surface area (Å²) < 4.78 is 27.6. The summed E-state index contributed by atoms with van der Waals surface area (Å²) >= 11 is 17.6. The summed E-state index contributed by atoms with van der Waals surface area (Å²) in [6, 6.07) is 4.01. The second-order valence-corrected chi connectivity index (χ2v) is 9.49. The summed E-state index contributed by atoms with van der Waals surface area (Å²) in [7, 11) is 0. The highest BCUT2D eigenvalue weighted by Crippen LogP contribution is 2.58. The maximum atomic E-state index is 15.5. The monoisotopic (exact) mass is 561 g/mol. The van der Waals surface area contributed by atoms with Gasteiger partial charge in [0, 0.05) is 6.42 Å². The number of alkyl halides is 1. The standard InChI is InChI=1S/C20H15Cl3FN5O7/c21-7-2-1-6(3-8(7)22)4-19(16(30)31,17(32)33)36-12-11-20(12,34)10(24)15(35-11)29-5-26-9-13(25)27-18(23)28-14(9)29/h1-3,5,10-12,15,34H,4H2,(H,30,31)(H,32,33)(H2,25,27,28)/t10-,11-,12?,15-,20+/m1/s1. The number of nitrogens with zero attached hydrogens (tertiary/aromatic N) is 4. The fourth-order valence-corrected chi connectivity index (χ4v) is 4.76. The largest absolute Gasteiger partial charge is 0.479 e. The van der Waals surface area contributed by atoms with Crippen molar-refractivity contribution in [1.82, 2.24) is 19.5 Å². The smallest absolute Gasteiger partial charge is 0.348 e. The predicted octanol–water partition coefficient (Wildman–Crippen LogP) is 1.88. The van der Waals surface area contributed by atoms with E-state index in [1.807, 2.05) is 0 Å². The van der Waals surface area contributed by atoms with Crippen LogP contribution in [0.1, 0.15) is 11.8 Å². The van der Waals surface area contributed by atoms with Gasteiger partial charge in [0.1, 0.15) is 17.7 Å². The molecule has 0 amide bonds. The summed E-state index contributed by atoms with van der Waals surface area (Å²) in [6.45, 7) is 0. The normalized spacial score (nSPS) is 27.2. The highest BCUT2D eigenvalue weighted by Gasteiger charge is 2.80. The molecule has 12 nitrogen and oxygen atoms in total. The molecule has 16 heteroatoms. The van der Waals surface area contributed by atoms with Gasteiger partial charge in [-0.05, 0) is 29.3 Å². The van der Waals surface area contributed by atoms with Gasteiger partial charge in [-0.25, -0.2) is 19.0 Å². The molecule has 0 bridgehead atoms. The van der Waals surface area contributed by atoms with Crippen molar-refractivity contribution in [2.24, 2.45) is 0 Å². The molecule has 5 N–H and O–H groups in total. The van der Waals surface area contributed by atoms with Crippen molar-refractivity contribution in [1.29, 1.82) is 0 Å². The van der Waals surface area contributed by atoms with Gasteiger partial charge in [0.2, 0.25) is 5.28 Å². The third kappa shape index (κ3) is 3.57. The van der Waals surface area contributed by atoms with Gasteiger partial charge >= 0.3 is 11.9 Å². The molecule has 190 valence electrons. The van der Waals surface area contributed by atoms with Crippen molar-refractivity contribution in [3.05, 3.63) is 45.4 Å². The van der Waals surface area contributed by atoms with E-state index >= 15 is 4.39 Å². The molecular formula is C20H15Cl3FN5O7. The van der Waals surface area contributed by atoms with Crippen LogP contribution in [0.25, 0.3) is 11.2 Å². The molecular weight excluding hydrogens is 548 g/mol. The van der Waals surface area contributed by atoms with Crippen molar-refractivity contribution in [2.45, 2.75) is 42.2 Å². The molecule has 3 heterocycles. The van der Waals surface area contributed by atoms with Crippen LogP contribution in [0, 0.1) is 0 Å². The van der Waals surface area contributed by atoms with Gasteiger partial charge in [-0.2, -0.15) is 9.97 Å². The molecule has 1 unspecified atom stereocenters. The van der Waals surface area contributed by atoms with E-state index in [2.05, 4.69) is 15.0 Å². The van der Waals surface area contributed by atoms with E-state index in [9.17, 15) is 24.9 Å². The van der Waals surface area contributed by atoms with Crippen LogP contribution in [0.15, 0.2) is 24.5 Å². The molecule has 1 saturated carbocycles. The Morgan fingerprint density at radius 3 is 2.50 bits per heavy atom. The first-order chi connectivity index (χ1) is 16.9. The van der Waals surface area contributed by atoms with Crippen molar-refractivity contribution < 1.29 is 38.8 Å². The van der Waals surface area contributed by atoms with E-state index < -0.39 is 54.2 Å². The number of imidazole rings is 1. The van der Waals surface area contributed by atoms with Gasteiger partial charge in [0.05, 0.1) is 16.4 Å². The zero-order valence-corrected chi connectivity index (χ0v) is 19.9. The number of fused-ring (bicyclic) bond motifs is 2. The van der Waals surface area contributed by atoms with Crippen LogP contribution in [0.4, 0.5) is 10.2 Å². The molecule has 5 rings (SSSR count). The van der Waals surface area contributed by atoms with Crippen LogP contribution >= 0.6 is 34.8 Å². The molecule has 1 aromatic carbocycles. The van der Waals surface area contributed by atoms with Crippen molar-refractivity contribution >= 4 is 63.7 Å². The molecule has 36 heavy (non-hydrogen) atoms. The first-order valence-electron chi connectivity index (χ1n) is 10.2. The molecule has 3 aromatic rings. The molecule has 5 atom stereocenters. The highest BCUT2D eigenvalue weighted by molar-refractivity contribution is 6.42. The predicted molar refractivity (Wildman–Crippen MR) is 122 cm³/mol. The van der Waals surface area contributed by atoms with E-state index in [1.165, 1.54) is 18.2 Å². The van der Waals surface area contributed by atoms with Crippen LogP contribution in [-0.2, 0) is 25.5 Å². The Morgan fingerprint density at radius 2 is 1.92 bits per heavy atom. The maximum absolute atomic E-state index is 15.5. The Kier molecular flexibility index (Phi) is 5.78. The lowest BCUT2D eigenvalue weighted by Crippen LogP contribution is -2.53. The van der Waals surface area contributed by atoms with Crippen molar-refractivity contribution in [3.63, 3.8) is 0 Å². The minimum absolute atomic E-state index is 0.0348. The third-order valence-electron chi connectivity index (χ3n) is 6.21. The molecule has 1 aliphatic carbocycles. The average Bonchev–Trinajstić information content (AvgIpc) is 3.06. The topological polar surface area (TPSA) is 183 Å². The molecule has 0 radical (unpaired) electrons. The van der Waals surface area contributed by atoms with Gasteiger partial charge in [0.25, 0.3) is 5.60 Å². The summed E-state index contributed by atoms with van der Waals surface area (Å²) in [5.74, 6) is -3.80. The second-order valence-electron chi connectivity index (χ2n) is 8.34. The number of carboxylic acids is 2. The van der Waals surface area contributed by atoms with Crippen LogP contribution in [0.5, 0.6) is 0 Å². The summed E-state index contributed by atoms with van der Waals surface area (Å²) in [6.07, 6.45) is -6.20. The number of hydrogen-bond donors (Lipinski definition) is 4. The number of rotatable bonds is 7. The Balaban J connectivity index is 1.42. The van der Waals surface area contributed by atoms with Gasteiger partial charge in [-0.15, -0.1) is 0 Å². The van der Waals surface area contributed by atoms with E-state index in [1.54, 1.807) is 0 Å². The van der Waals surface area contributed by atoms with Gasteiger partial charge < -0.3 is 30.5 Å². The number of halogens is 4. The molecule has 0 spiro atoms. The molecule has 2 aliphatic rings. The average molecular weight is 563 g/mol. The first-order valence-corrected chi connectivity index (χ1v) is 11.3. The Morgan fingerprint density at radius 1 is 1.22 bits per heavy atom. The Hall–Kier alpha value is -2.81. The molecule has 1 saturated heterocycles. The molecule has 2 aromatic heterocycles. The number of hydrogen-bond acceptors (Lipinski definition) is 9. The summed E-state index contributed by atoms with van der Waals surface area (Å²) in [5.41, 5.74) is 0.833.